The van der Waals surface area contributed by atoms with Crippen LogP contribution in [-0.2, 0) is 4.74 Å². The van der Waals surface area contributed by atoms with E-state index in [2.05, 4.69) is 33.0 Å². The van der Waals surface area contributed by atoms with E-state index in [0.717, 1.165) is 19.1 Å². The third-order valence-electron chi connectivity index (χ3n) is 4.70. The minimum absolute atomic E-state index is 0.497. The molecule has 1 unspecified atom stereocenters. The Morgan fingerprint density at radius 2 is 1.84 bits per heavy atom. The van der Waals surface area contributed by atoms with Gasteiger partial charge in [-0.05, 0) is 30.6 Å². The SMILES string of the molecule is CCCCC(CC)CC1(CNC(C)C)CCOCC1. The third-order valence-corrected chi connectivity index (χ3v) is 4.70. The van der Waals surface area contributed by atoms with Gasteiger partial charge in [0.05, 0.1) is 0 Å². The molecular formula is C17H35NO. The maximum absolute atomic E-state index is 5.60. The zero-order valence-corrected chi connectivity index (χ0v) is 13.6. The summed E-state index contributed by atoms with van der Waals surface area (Å²) in [6.07, 6.45) is 9.36. The minimum atomic E-state index is 0.497. The zero-order chi connectivity index (χ0) is 14.1. The van der Waals surface area contributed by atoms with E-state index in [-0.39, 0.29) is 0 Å². The van der Waals surface area contributed by atoms with Crippen LogP contribution in [0.15, 0.2) is 0 Å². The van der Waals surface area contributed by atoms with Crippen molar-refractivity contribution in [1.82, 2.24) is 5.32 Å². The van der Waals surface area contributed by atoms with E-state index >= 15 is 0 Å². The Hall–Kier alpha value is -0.0800. The summed E-state index contributed by atoms with van der Waals surface area (Å²) in [5, 5.41) is 3.69. The molecule has 1 fully saturated rings. The van der Waals surface area contributed by atoms with E-state index in [1.165, 1.54) is 51.5 Å². The largest absolute Gasteiger partial charge is 0.381 e. The van der Waals surface area contributed by atoms with Crippen LogP contribution in [-0.4, -0.2) is 25.8 Å². The molecule has 0 saturated carbocycles. The van der Waals surface area contributed by atoms with Crippen molar-refractivity contribution in [2.24, 2.45) is 11.3 Å². The predicted molar refractivity (Wildman–Crippen MR) is 83.5 cm³/mol. The average molecular weight is 269 g/mol. The van der Waals surface area contributed by atoms with Crippen molar-refractivity contribution in [2.45, 2.75) is 78.7 Å². The minimum Gasteiger partial charge on any atom is -0.381 e. The fraction of sp³-hybridized carbons (Fsp3) is 1.00. The Bertz CT molecular complexity index is 221. The molecule has 0 aliphatic carbocycles. The number of nitrogens with one attached hydrogen (secondary N) is 1. The Balaban J connectivity index is 2.55. The molecule has 1 heterocycles. The van der Waals surface area contributed by atoms with Crippen LogP contribution < -0.4 is 5.32 Å². The average Bonchev–Trinajstić information content (AvgIpc) is 2.42. The summed E-state index contributed by atoms with van der Waals surface area (Å²) in [5.41, 5.74) is 0.497. The van der Waals surface area contributed by atoms with E-state index in [0.29, 0.717) is 11.5 Å². The van der Waals surface area contributed by atoms with Gasteiger partial charge in [0.1, 0.15) is 0 Å². The number of rotatable bonds is 9. The smallest absolute Gasteiger partial charge is 0.0471 e. The van der Waals surface area contributed by atoms with Crippen LogP contribution in [0.1, 0.15) is 72.6 Å². The number of unbranched alkanes of at least 4 members (excludes halogenated alkanes) is 1. The zero-order valence-electron chi connectivity index (χ0n) is 13.6. The van der Waals surface area contributed by atoms with Gasteiger partial charge in [-0.15, -0.1) is 0 Å². The van der Waals surface area contributed by atoms with Crippen LogP contribution in [0.2, 0.25) is 0 Å². The molecule has 1 atom stereocenters. The van der Waals surface area contributed by atoms with Crippen molar-refractivity contribution in [1.29, 1.82) is 0 Å². The fourth-order valence-corrected chi connectivity index (χ4v) is 3.23. The maximum Gasteiger partial charge on any atom is 0.0471 e. The summed E-state index contributed by atoms with van der Waals surface area (Å²) < 4.78 is 5.60. The van der Waals surface area contributed by atoms with Crippen LogP contribution in [0, 0.1) is 11.3 Å². The molecule has 0 amide bonds. The lowest BCUT2D eigenvalue weighted by Gasteiger charge is -2.40. The lowest BCUT2D eigenvalue weighted by atomic mass is 9.71. The van der Waals surface area contributed by atoms with Crippen LogP contribution in [0.4, 0.5) is 0 Å². The molecule has 0 aromatic rings. The van der Waals surface area contributed by atoms with Crippen molar-refractivity contribution >= 4 is 0 Å². The summed E-state index contributed by atoms with van der Waals surface area (Å²) in [6, 6.07) is 0.593. The Labute approximate surface area is 120 Å². The lowest BCUT2D eigenvalue weighted by Crippen LogP contribution is -2.42. The molecule has 2 heteroatoms. The molecule has 1 rings (SSSR count). The summed E-state index contributed by atoms with van der Waals surface area (Å²) in [4.78, 5) is 0. The van der Waals surface area contributed by atoms with Crippen molar-refractivity contribution in [2.75, 3.05) is 19.8 Å². The molecule has 1 aliphatic rings. The van der Waals surface area contributed by atoms with Gasteiger partial charge in [0.15, 0.2) is 0 Å². The maximum atomic E-state index is 5.60. The van der Waals surface area contributed by atoms with Crippen molar-refractivity contribution < 1.29 is 4.74 Å². The summed E-state index contributed by atoms with van der Waals surface area (Å²) in [6.45, 7) is 12.3. The molecule has 114 valence electrons. The van der Waals surface area contributed by atoms with Gasteiger partial charge in [-0.25, -0.2) is 0 Å². The van der Waals surface area contributed by atoms with E-state index in [1.54, 1.807) is 0 Å². The molecule has 1 aliphatic heterocycles. The Kier molecular flexibility index (Phi) is 8.01. The second-order valence-electron chi connectivity index (χ2n) is 6.77. The van der Waals surface area contributed by atoms with Gasteiger partial charge in [0.2, 0.25) is 0 Å². The molecule has 0 aromatic heterocycles. The van der Waals surface area contributed by atoms with Crippen molar-refractivity contribution in [3.8, 4) is 0 Å². The topological polar surface area (TPSA) is 21.3 Å². The highest BCUT2D eigenvalue weighted by Crippen LogP contribution is 2.38. The first-order valence-corrected chi connectivity index (χ1v) is 8.43. The van der Waals surface area contributed by atoms with E-state index < -0.39 is 0 Å². The molecule has 0 spiro atoms. The molecular weight excluding hydrogens is 234 g/mol. The van der Waals surface area contributed by atoms with Gasteiger partial charge in [-0.3, -0.25) is 0 Å². The summed E-state index contributed by atoms with van der Waals surface area (Å²) in [7, 11) is 0. The van der Waals surface area contributed by atoms with Gasteiger partial charge < -0.3 is 10.1 Å². The van der Waals surface area contributed by atoms with Gasteiger partial charge in [-0.1, -0.05) is 53.4 Å². The van der Waals surface area contributed by atoms with Crippen molar-refractivity contribution in [3.05, 3.63) is 0 Å². The van der Waals surface area contributed by atoms with Crippen LogP contribution in [0.3, 0.4) is 0 Å². The van der Waals surface area contributed by atoms with E-state index in [9.17, 15) is 0 Å². The first-order chi connectivity index (χ1) is 9.12. The summed E-state index contributed by atoms with van der Waals surface area (Å²) >= 11 is 0. The quantitative estimate of drug-likeness (QED) is 0.670. The van der Waals surface area contributed by atoms with Gasteiger partial charge in [0.25, 0.3) is 0 Å². The van der Waals surface area contributed by atoms with E-state index in [1.807, 2.05) is 0 Å². The number of hydrogen-bond donors (Lipinski definition) is 1. The normalized spacial score (nSPS) is 20.7. The monoisotopic (exact) mass is 269 g/mol. The number of hydrogen-bond acceptors (Lipinski definition) is 2. The standard InChI is InChI=1S/C17H35NO/c1-5-7-8-16(6-2)13-17(14-18-15(3)4)9-11-19-12-10-17/h15-16,18H,5-14H2,1-4H3. The molecule has 1 N–H and O–H groups in total. The predicted octanol–water partition coefficient (Wildman–Crippen LogP) is 4.39. The van der Waals surface area contributed by atoms with Gasteiger partial charge in [0, 0.05) is 25.8 Å². The molecule has 0 radical (unpaired) electrons. The highest BCUT2D eigenvalue weighted by molar-refractivity contribution is 4.86. The second kappa shape index (κ2) is 8.97. The first-order valence-electron chi connectivity index (χ1n) is 8.43. The van der Waals surface area contributed by atoms with Crippen LogP contribution in [0.25, 0.3) is 0 Å². The van der Waals surface area contributed by atoms with Crippen LogP contribution >= 0.6 is 0 Å². The van der Waals surface area contributed by atoms with E-state index in [4.69, 9.17) is 4.74 Å². The molecule has 19 heavy (non-hydrogen) atoms. The third kappa shape index (κ3) is 6.27. The molecule has 2 nitrogen and oxygen atoms in total. The summed E-state index contributed by atoms with van der Waals surface area (Å²) in [5.74, 6) is 0.909. The van der Waals surface area contributed by atoms with Crippen molar-refractivity contribution in [3.63, 3.8) is 0 Å². The molecule has 1 saturated heterocycles. The Morgan fingerprint density at radius 1 is 1.16 bits per heavy atom. The number of ether oxygens (including phenoxy) is 1. The Morgan fingerprint density at radius 3 is 2.37 bits per heavy atom. The van der Waals surface area contributed by atoms with Crippen LogP contribution in [0.5, 0.6) is 0 Å². The molecule has 0 bridgehead atoms. The lowest BCUT2D eigenvalue weighted by molar-refractivity contribution is 0.0000386. The molecule has 0 aromatic carbocycles. The fourth-order valence-electron chi connectivity index (χ4n) is 3.23. The van der Waals surface area contributed by atoms with Gasteiger partial charge in [-0.2, -0.15) is 0 Å². The van der Waals surface area contributed by atoms with Gasteiger partial charge >= 0.3 is 0 Å². The highest BCUT2D eigenvalue weighted by Gasteiger charge is 2.34. The highest BCUT2D eigenvalue weighted by atomic mass is 16.5. The second-order valence-corrected chi connectivity index (χ2v) is 6.77. The first kappa shape index (κ1) is 17.0.